The maximum atomic E-state index is 13.7. The Morgan fingerprint density at radius 3 is 2.67 bits per heavy atom. The molecule has 12 heteroatoms. The summed E-state index contributed by atoms with van der Waals surface area (Å²) >= 11 is 0. The molecule has 0 amide bonds. The van der Waals surface area contributed by atoms with Crippen LogP contribution in [0.2, 0.25) is 0 Å². The first-order valence-corrected chi connectivity index (χ1v) is 10.6. The number of carbonyl (C=O) groups excluding carboxylic acids is 1. The summed E-state index contributed by atoms with van der Waals surface area (Å²) in [6.45, 7) is 3.12. The molecule has 5 heterocycles. The Bertz CT molecular complexity index is 1650. The number of hydrogen-bond acceptors (Lipinski definition) is 8. The Labute approximate surface area is 202 Å². The molecule has 0 fully saturated rings. The lowest BCUT2D eigenvalue weighted by atomic mass is 10.1. The highest BCUT2D eigenvalue weighted by Gasteiger charge is 2.23. The van der Waals surface area contributed by atoms with Gasteiger partial charge in [0.15, 0.2) is 17.3 Å². The minimum absolute atomic E-state index is 0.0830. The van der Waals surface area contributed by atoms with Gasteiger partial charge < -0.3 is 4.74 Å². The van der Waals surface area contributed by atoms with E-state index >= 15 is 0 Å². The molecule has 178 valence electrons. The zero-order valence-corrected chi connectivity index (χ0v) is 18.9. The summed E-state index contributed by atoms with van der Waals surface area (Å²) < 4.78 is 35.5. The van der Waals surface area contributed by atoms with E-state index in [0.717, 1.165) is 16.4 Å². The predicted molar refractivity (Wildman–Crippen MR) is 122 cm³/mol. The number of aryl methyl sites for hydroxylation is 1. The number of aromatic nitrogens is 7. The number of pyridine rings is 2. The number of rotatable bonds is 6. The van der Waals surface area contributed by atoms with Crippen LogP contribution in [0.15, 0.2) is 54.9 Å². The van der Waals surface area contributed by atoms with Gasteiger partial charge in [-0.3, -0.25) is 4.79 Å². The number of fused-ring (bicyclic) bond motifs is 1. The third kappa shape index (κ3) is 4.14. The van der Waals surface area contributed by atoms with Gasteiger partial charge in [0.2, 0.25) is 5.88 Å². The first kappa shape index (κ1) is 22.7. The lowest BCUT2D eigenvalue weighted by Gasteiger charge is -2.11. The molecule has 0 aliphatic carbocycles. The van der Waals surface area contributed by atoms with Crippen LogP contribution in [-0.4, -0.2) is 40.4 Å². The minimum atomic E-state index is -2.93. The van der Waals surface area contributed by atoms with Crippen molar-refractivity contribution in [3.8, 4) is 34.8 Å². The molecular weight excluding hydrogens is 470 g/mol. The zero-order chi connectivity index (χ0) is 25.4. The van der Waals surface area contributed by atoms with Crippen molar-refractivity contribution in [2.75, 3.05) is 0 Å². The van der Waals surface area contributed by atoms with Crippen molar-refractivity contribution in [1.82, 2.24) is 34.6 Å². The smallest absolute Gasteiger partial charge is 0.280 e. The molecule has 0 bridgehead atoms. The molecule has 0 radical (unpaired) electrons. The average Bonchev–Trinajstić information content (AvgIpc) is 3.49. The highest BCUT2D eigenvalue weighted by atomic mass is 19.3. The molecule has 0 unspecified atom stereocenters. The third-order valence-corrected chi connectivity index (χ3v) is 5.29. The van der Waals surface area contributed by atoms with Crippen LogP contribution >= 0.6 is 0 Å². The molecule has 36 heavy (non-hydrogen) atoms. The van der Waals surface area contributed by atoms with E-state index in [4.69, 9.17) is 10.00 Å². The number of nitrogens with zero attached hydrogens (tertiary/aromatic N) is 8. The number of carbonyl (C=O) groups is 1. The van der Waals surface area contributed by atoms with Gasteiger partial charge in [-0.1, -0.05) is 0 Å². The number of halogens is 2. The highest BCUT2D eigenvalue weighted by molar-refractivity contribution is 5.97. The summed E-state index contributed by atoms with van der Waals surface area (Å²) in [7, 11) is 0. The largest absolute Gasteiger partial charge is 0.436 e. The average molecular weight is 486 g/mol. The van der Waals surface area contributed by atoms with Gasteiger partial charge in [0.25, 0.3) is 6.43 Å². The molecular formula is C24H16F2N8O2. The standard InChI is InChI=1S/C24H16F2N8O2/c1-13-3-8-22(31-30-13)36-16-4-7-20-18(11-28-33(20)12-16)19-6-5-17(14(2)35)24(29-19)34-21(23(25)26)9-15(10-27)32-34/h3-9,11-12,23H,1-2H3. The van der Waals surface area contributed by atoms with E-state index in [9.17, 15) is 13.6 Å². The molecule has 0 aliphatic rings. The minimum Gasteiger partial charge on any atom is -0.436 e. The normalized spacial score (nSPS) is 11.1. The first-order chi connectivity index (χ1) is 17.3. The van der Waals surface area contributed by atoms with E-state index in [-0.39, 0.29) is 22.9 Å². The fourth-order valence-electron chi connectivity index (χ4n) is 3.59. The molecule has 5 rings (SSSR count). The predicted octanol–water partition coefficient (Wildman–Crippen LogP) is 4.48. The van der Waals surface area contributed by atoms with Crippen LogP contribution in [0.5, 0.6) is 11.6 Å². The Hall–Kier alpha value is -5.05. The molecule has 0 aliphatic heterocycles. The quantitative estimate of drug-likeness (QED) is 0.322. The molecule has 0 saturated carbocycles. The van der Waals surface area contributed by atoms with Gasteiger partial charge in [-0.05, 0) is 44.2 Å². The van der Waals surface area contributed by atoms with E-state index < -0.39 is 12.1 Å². The zero-order valence-electron chi connectivity index (χ0n) is 18.9. The van der Waals surface area contributed by atoms with Gasteiger partial charge in [-0.2, -0.15) is 20.6 Å². The van der Waals surface area contributed by atoms with Crippen molar-refractivity contribution in [1.29, 1.82) is 5.26 Å². The van der Waals surface area contributed by atoms with Crippen molar-refractivity contribution >= 4 is 11.3 Å². The fourth-order valence-corrected chi connectivity index (χ4v) is 3.59. The number of alkyl halides is 2. The summed E-state index contributed by atoms with van der Waals surface area (Å²) in [5.41, 5.74) is 1.69. The molecule has 0 atom stereocenters. The van der Waals surface area contributed by atoms with Gasteiger partial charge in [-0.15, -0.1) is 5.10 Å². The van der Waals surface area contributed by atoms with Crippen molar-refractivity contribution in [3.63, 3.8) is 0 Å². The van der Waals surface area contributed by atoms with Crippen molar-refractivity contribution in [2.24, 2.45) is 0 Å². The van der Waals surface area contributed by atoms with E-state index in [1.54, 1.807) is 53.3 Å². The van der Waals surface area contributed by atoms with E-state index in [2.05, 4.69) is 25.4 Å². The number of ether oxygens (including phenoxy) is 1. The summed E-state index contributed by atoms with van der Waals surface area (Å²) in [4.78, 5) is 16.7. The summed E-state index contributed by atoms with van der Waals surface area (Å²) in [6, 6.07) is 12.7. The first-order valence-electron chi connectivity index (χ1n) is 10.6. The summed E-state index contributed by atoms with van der Waals surface area (Å²) in [6.07, 6.45) is 0.271. The molecule has 0 aromatic carbocycles. The van der Waals surface area contributed by atoms with E-state index in [1.807, 2.05) is 6.92 Å². The maximum Gasteiger partial charge on any atom is 0.280 e. The Morgan fingerprint density at radius 1 is 1.14 bits per heavy atom. The van der Waals surface area contributed by atoms with Crippen LogP contribution in [0.3, 0.4) is 0 Å². The molecule has 5 aromatic heterocycles. The molecule has 0 spiro atoms. The second-order valence-electron chi connectivity index (χ2n) is 7.77. The SMILES string of the molecule is CC(=O)c1ccc(-c2cnn3cc(Oc4ccc(C)nn4)ccc23)nc1-n1nc(C#N)cc1C(F)F. The van der Waals surface area contributed by atoms with Crippen LogP contribution in [0.4, 0.5) is 8.78 Å². The molecule has 0 saturated heterocycles. The number of ketones is 1. The van der Waals surface area contributed by atoms with Crippen molar-refractivity contribution in [3.05, 3.63) is 77.5 Å². The van der Waals surface area contributed by atoms with Gasteiger partial charge in [0.1, 0.15) is 17.5 Å². The van der Waals surface area contributed by atoms with E-state index in [1.165, 1.54) is 13.0 Å². The maximum absolute atomic E-state index is 13.7. The lowest BCUT2D eigenvalue weighted by Crippen LogP contribution is -2.11. The van der Waals surface area contributed by atoms with Crippen LogP contribution in [0.1, 0.15) is 40.8 Å². The van der Waals surface area contributed by atoms with Crippen LogP contribution in [0, 0.1) is 18.3 Å². The second kappa shape index (κ2) is 8.95. The number of nitriles is 1. The Kier molecular flexibility index (Phi) is 5.65. The van der Waals surface area contributed by atoms with Crippen molar-refractivity contribution in [2.45, 2.75) is 20.3 Å². The summed E-state index contributed by atoms with van der Waals surface area (Å²) in [5, 5.41) is 25.3. The molecule has 0 N–H and O–H groups in total. The lowest BCUT2D eigenvalue weighted by molar-refractivity contribution is 0.101. The molecule has 10 nitrogen and oxygen atoms in total. The van der Waals surface area contributed by atoms with Gasteiger partial charge >= 0.3 is 0 Å². The monoisotopic (exact) mass is 486 g/mol. The van der Waals surface area contributed by atoms with E-state index in [0.29, 0.717) is 28.4 Å². The van der Waals surface area contributed by atoms with Crippen molar-refractivity contribution < 1.29 is 18.3 Å². The van der Waals surface area contributed by atoms with Gasteiger partial charge in [0.05, 0.1) is 34.9 Å². The molecule has 5 aromatic rings. The van der Waals surface area contributed by atoms with Gasteiger partial charge in [0, 0.05) is 17.7 Å². The highest BCUT2D eigenvalue weighted by Crippen LogP contribution is 2.30. The topological polar surface area (TPSA) is 124 Å². The Morgan fingerprint density at radius 2 is 1.97 bits per heavy atom. The summed E-state index contributed by atoms with van der Waals surface area (Å²) in [5.74, 6) is 0.301. The number of hydrogen-bond donors (Lipinski definition) is 0. The fraction of sp³-hybridized carbons (Fsp3) is 0.125. The van der Waals surface area contributed by atoms with Crippen LogP contribution < -0.4 is 4.74 Å². The van der Waals surface area contributed by atoms with Crippen LogP contribution in [-0.2, 0) is 0 Å². The number of Topliss-reactive ketones (excluding diaryl/α,β-unsaturated/α-hetero) is 1. The Balaban J connectivity index is 1.57. The second-order valence-corrected chi connectivity index (χ2v) is 7.77. The third-order valence-electron chi connectivity index (χ3n) is 5.29. The van der Waals surface area contributed by atoms with Gasteiger partial charge in [-0.25, -0.2) is 23.0 Å². The van der Waals surface area contributed by atoms with Crippen LogP contribution in [0.25, 0.3) is 22.6 Å².